The van der Waals surface area contributed by atoms with Crippen molar-refractivity contribution in [2.24, 2.45) is 11.8 Å². The van der Waals surface area contributed by atoms with Crippen molar-refractivity contribution in [3.63, 3.8) is 0 Å². The highest BCUT2D eigenvalue weighted by Crippen LogP contribution is 2.38. The Morgan fingerprint density at radius 2 is 1.60 bits per heavy atom. The average molecular weight is 340 g/mol. The Morgan fingerprint density at radius 1 is 0.920 bits per heavy atom. The highest BCUT2D eigenvalue weighted by atomic mass is 16.2. The third-order valence-electron chi connectivity index (χ3n) is 5.15. The minimum Gasteiger partial charge on any atom is -0.356 e. The highest BCUT2D eigenvalue weighted by molar-refractivity contribution is 5.92. The Kier molecular flexibility index (Phi) is 6.26. The maximum absolute atomic E-state index is 12.1. The number of hydrogen-bond donors (Lipinski definition) is 2. The van der Waals surface area contributed by atoms with Gasteiger partial charge in [-0.05, 0) is 50.5 Å². The van der Waals surface area contributed by atoms with E-state index in [0.717, 1.165) is 12.8 Å². The van der Waals surface area contributed by atoms with Crippen LogP contribution in [0.5, 0.6) is 0 Å². The van der Waals surface area contributed by atoms with Crippen molar-refractivity contribution in [3.05, 3.63) is 47.5 Å². The molecule has 0 heterocycles. The number of allylic oxidation sites excluding steroid dienone is 1. The molecule has 0 aromatic heterocycles. The molecule has 0 saturated heterocycles. The number of benzene rings is 1. The van der Waals surface area contributed by atoms with Crippen molar-refractivity contribution in [3.8, 4) is 0 Å². The first-order valence-electron chi connectivity index (χ1n) is 9.51. The first kappa shape index (κ1) is 17.7. The van der Waals surface area contributed by atoms with Gasteiger partial charge in [0.2, 0.25) is 11.8 Å². The van der Waals surface area contributed by atoms with Gasteiger partial charge >= 0.3 is 0 Å². The van der Waals surface area contributed by atoms with E-state index in [2.05, 4.69) is 28.8 Å². The van der Waals surface area contributed by atoms with Gasteiger partial charge in [-0.25, -0.2) is 0 Å². The summed E-state index contributed by atoms with van der Waals surface area (Å²) in [7, 11) is 0. The van der Waals surface area contributed by atoms with Crippen LogP contribution in [0.25, 0.3) is 0 Å². The summed E-state index contributed by atoms with van der Waals surface area (Å²) in [6.07, 6.45) is 9.69. The lowest BCUT2D eigenvalue weighted by atomic mass is 9.97. The van der Waals surface area contributed by atoms with Gasteiger partial charge < -0.3 is 10.6 Å². The van der Waals surface area contributed by atoms with Crippen LogP contribution in [-0.2, 0) is 16.0 Å². The van der Waals surface area contributed by atoms with Crippen molar-refractivity contribution < 1.29 is 9.59 Å². The van der Waals surface area contributed by atoms with Crippen LogP contribution in [0.1, 0.15) is 44.1 Å². The Labute approximate surface area is 150 Å². The molecule has 0 bridgehead atoms. The highest BCUT2D eigenvalue weighted by Gasteiger charge is 2.47. The molecule has 2 amide bonds. The molecule has 2 N–H and O–H groups in total. The summed E-state index contributed by atoms with van der Waals surface area (Å²) < 4.78 is 0. The first-order chi connectivity index (χ1) is 12.2. The van der Waals surface area contributed by atoms with E-state index in [-0.39, 0.29) is 23.7 Å². The molecule has 0 aliphatic heterocycles. The number of nitrogens with one attached hydrogen (secondary N) is 2. The third-order valence-corrected chi connectivity index (χ3v) is 5.15. The molecule has 25 heavy (non-hydrogen) atoms. The Morgan fingerprint density at radius 3 is 2.24 bits per heavy atom. The number of rotatable bonds is 8. The summed E-state index contributed by atoms with van der Waals surface area (Å²) in [6.45, 7) is 1.32. The Balaban J connectivity index is 1.30. The number of carbonyl (C=O) groups is 2. The number of amides is 2. The van der Waals surface area contributed by atoms with Crippen LogP contribution in [0.4, 0.5) is 0 Å². The normalized spacial score (nSPS) is 22.0. The van der Waals surface area contributed by atoms with Crippen molar-refractivity contribution in [2.75, 3.05) is 13.1 Å². The van der Waals surface area contributed by atoms with Crippen molar-refractivity contribution >= 4 is 11.8 Å². The molecular weight excluding hydrogens is 312 g/mol. The van der Waals surface area contributed by atoms with Crippen molar-refractivity contribution in [1.29, 1.82) is 0 Å². The maximum Gasteiger partial charge on any atom is 0.223 e. The fraction of sp³-hybridized carbons (Fsp3) is 0.524. The SMILES string of the molecule is O=C(NCCC1=CCCCC1)C1CC1C(=O)NCCc1ccccc1. The predicted molar refractivity (Wildman–Crippen MR) is 98.9 cm³/mol. The summed E-state index contributed by atoms with van der Waals surface area (Å²) in [4.78, 5) is 24.3. The quantitative estimate of drug-likeness (QED) is 0.715. The van der Waals surface area contributed by atoms with Gasteiger partial charge in [0.15, 0.2) is 0 Å². The largest absolute Gasteiger partial charge is 0.356 e. The van der Waals surface area contributed by atoms with E-state index < -0.39 is 0 Å². The van der Waals surface area contributed by atoms with Gasteiger partial charge in [0.05, 0.1) is 11.8 Å². The van der Waals surface area contributed by atoms with Crippen LogP contribution in [0.15, 0.2) is 42.0 Å². The molecule has 4 heteroatoms. The Bertz CT molecular complexity index is 624. The second-order valence-electron chi connectivity index (χ2n) is 7.12. The Hall–Kier alpha value is -2.10. The van der Waals surface area contributed by atoms with Crippen LogP contribution in [-0.4, -0.2) is 24.9 Å². The van der Waals surface area contributed by atoms with E-state index in [4.69, 9.17) is 0 Å². The van der Waals surface area contributed by atoms with E-state index in [9.17, 15) is 9.59 Å². The monoisotopic (exact) mass is 340 g/mol. The molecule has 0 radical (unpaired) electrons. The van der Waals surface area contributed by atoms with Crippen LogP contribution in [0.2, 0.25) is 0 Å². The van der Waals surface area contributed by atoms with E-state index in [0.29, 0.717) is 19.5 Å². The fourth-order valence-corrected chi connectivity index (χ4v) is 3.49. The summed E-state index contributed by atoms with van der Waals surface area (Å²) in [5.41, 5.74) is 2.68. The zero-order valence-corrected chi connectivity index (χ0v) is 14.8. The zero-order valence-electron chi connectivity index (χ0n) is 14.8. The molecule has 1 fully saturated rings. The minimum atomic E-state index is -0.135. The molecule has 2 atom stereocenters. The smallest absolute Gasteiger partial charge is 0.223 e. The molecule has 1 aromatic carbocycles. The van der Waals surface area contributed by atoms with E-state index in [1.165, 1.54) is 36.8 Å². The minimum absolute atomic E-state index is 0.0195. The van der Waals surface area contributed by atoms with E-state index in [1.54, 1.807) is 0 Å². The van der Waals surface area contributed by atoms with Gasteiger partial charge in [-0.2, -0.15) is 0 Å². The molecule has 1 saturated carbocycles. The molecule has 2 unspecified atom stereocenters. The average Bonchev–Trinajstić information content (AvgIpc) is 3.44. The van der Waals surface area contributed by atoms with Gasteiger partial charge in [-0.1, -0.05) is 42.0 Å². The van der Waals surface area contributed by atoms with Crippen LogP contribution in [0.3, 0.4) is 0 Å². The fourth-order valence-electron chi connectivity index (χ4n) is 3.49. The summed E-state index contributed by atoms with van der Waals surface area (Å²) in [5.74, 6) is -0.201. The van der Waals surface area contributed by atoms with Gasteiger partial charge in [0.25, 0.3) is 0 Å². The molecule has 4 nitrogen and oxygen atoms in total. The maximum atomic E-state index is 12.1. The van der Waals surface area contributed by atoms with Gasteiger partial charge in [-0.3, -0.25) is 9.59 Å². The second kappa shape index (κ2) is 8.84. The van der Waals surface area contributed by atoms with Gasteiger partial charge in [-0.15, -0.1) is 0 Å². The summed E-state index contributed by atoms with van der Waals surface area (Å²) in [5, 5.41) is 5.96. The van der Waals surface area contributed by atoms with E-state index in [1.807, 2.05) is 18.2 Å². The van der Waals surface area contributed by atoms with Gasteiger partial charge in [0.1, 0.15) is 0 Å². The lowest BCUT2D eigenvalue weighted by Gasteiger charge is -2.13. The molecular formula is C21H28N2O2. The molecule has 1 aromatic rings. The predicted octanol–water partition coefficient (Wildman–Crippen LogP) is 2.99. The lowest BCUT2D eigenvalue weighted by molar-refractivity contribution is -0.127. The van der Waals surface area contributed by atoms with Crippen molar-refractivity contribution in [2.45, 2.75) is 44.9 Å². The van der Waals surface area contributed by atoms with Crippen molar-refractivity contribution in [1.82, 2.24) is 10.6 Å². The number of hydrogen-bond acceptors (Lipinski definition) is 2. The number of carbonyl (C=O) groups excluding carboxylic acids is 2. The molecule has 2 aliphatic rings. The molecule has 3 rings (SSSR count). The van der Waals surface area contributed by atoms with Crippen LogP contribution >= 0.6 is 0 Å². The third kappa shape index (κ3) is 5.45. The first-order valence-corrected chi connectivity index (χ1v) is 9.51. The standard InChI is InChI=1S/C21H28N2O2/c24-20(22-13-11-16-7-3-1-4-8-16)18-15-19(18)21(25)23-14-12-17-9-5-2-6-10-17/h1,3-4,7-9,18-19H,2,5-6,10-15H2,(H,22,24)(H,23,25). The molecule has 134 valence electrons. The summed E-state index contributed by atoms with van der Waals surface area (Å²) in [6, 6.07) is 10.1. The van der Waals surface area contributed by atoms with Crippen LogP contribution < -0.4 is 10.6 Å². The lowest BCUT2D eigenvalue weighted by Crippen LogP contribution is -2.31. The molecule has 0 spiro atoms. The van der Waals surface area contributed by atoms with E-state index >= 15 is 0 Å². The summed E-state index contributed by atoms with van der Waals surface area (Å²) >= 11 is 0. The van der Waals surface area contributed by atoms with Crippen LogP contribution in [0, 0.1) is 11.8 Å². The second-order valence-corrected chi connectivity index (χ2v) is 7.12. The molecule has 2 aliphatic carbocycles. The topological polar surface area (TPSA) is 58.2 Å². The zero-order chi connectivity index (χ0) is 17.5. The van der Waals surface area contributed by atoms with Gasteiger partial charge in [0, 0.05) is 13.1 Å².